The quantitative estimate of drug-likeness (QED) is 0.151. The van der Waals surface area contributed by atoms with Gasteiger partial charge in [0.05, 0.1) is 7.11 Å². The molecule has 2 aromatic carbocycles. The molecule has 1 unspecified atom stereocenters. The molecule has 0 radical (unpaired) electrons. The van der Waals surface area contributed by atoms with Gasteiger partial charge in [0.25, 0.3) is 11.8 Å². The van der Waals surface area contributed by atoms with Gasteiger partial charge >= 0.3 is 5.97 Å². The lowest BCUT2D eigenvalue weighted by atomic mass is 10.0. The Morgan fingerprint density at radius 2 is 1.88 bits per heavy atom. The van der Waals surface area contributed by atoms with E-state index in [0.717, 1.165) is 0 Å². The topological polar surface area (TPSA) is 149 Å². The summed E-state index contributed by atoms with van der Waals surface area (Å²) in [5.41, 5.74) is 5.82. The molecule has 5 rings (SSSR count). The van der Waals surface area contributed by atoms with Gasteiger partial charge in [-0.1, -0.05) is 12.1 Å². The van der Waals surface area contributed by atoms with Crippen molar-refractivity contribution >= 4 is 17.5 Å². The molecular formula is C29H28F2N6O5. The van der Waals surface area contributed by atoms with Crippen molar-refractivity contribution in [1.29, 1.82) is 5.41 Å². The monoisotopic (exact) mass is 578 g/mol. The lowest BCUT2D eigenvalue weighted by molar-refractivity contribution is -0.142. The average molecular weight is 579 g/mol. The first-order valence-electron chi connectivity index (χ1n) is 13.0. The van der Waals surface area contributed by atoms with Crippen molar-refractivity contribution in [2.24, 2.45) is 12.8 Å². The lowest BCUT2D eigenvalue weighted by Crippen LogP contribution is -2.46. The first kappa shape index (κ1) is 28.3. The molecule has 0 spiro atoms. The summed E-state index contributed by atoms with van der Waals surface area (Å²) >= 11 is 0. The van der Waals surface area contributed by atoms with E-state index < -0.39 is 46.8 Å². The van der Waals surface area contributed by atoms with Crippen LogP contribution in [0.4, 0.5) is 14.5 Å². The van der Waals surface area contributed by atoms with Crippen LogP contribution in [0.2, 0.25) is 0 Å². The molecule has 42 heavy (non-hydrogen) atoms. The van der Waals surface area contributed by atoms with Crippen molar-refractivity contribution in [1.82, 2.24) is 14.5 Å². The smallest absolute Gasteiger partial charge is 0.328 e. The molecule has 1 fully saturated rings. The molecule has 1 atom stereocenters. The van der Waals surface area contributed by atoms with Gasteiger partial charge in [0.2, 0.25) is 11.6 Å². The molecule has 1 aliphatic heterocycles. The number of phenolic OH excluding ortho intramolecular Hbond substituents is 1. The van der Waals surface area contributed by atoms with Gasteiger partial charge < -0.3 is 34.5 Å². The fraction of sp³-hybridized carbons (Fsp3) is 0.241. The number of rotatable bonds is 8. The van der Waals surface area contributed by atoms with Crippen molar-refractivity contribution < 1.29 is 32.9 Å². The summed E-state index contributed by atoms with van der Waals surface area (Å²) < 4.78 is 50.4. The number of aryl methyl sites for hydroxylation is 1. The number of aromatic hydroxyl groups is 1. The number of nitrogens with one attached hydrogen (secondary N) is 1. The Hall–Kier alpha value is -5.20. The fourth-order valence-corrected chi connectivity index (χ4v) is 4.78. The number of pyridine rings is 1. The molecular weight excluding hydrogens is 550 g/mol. The number of hydrogen-bond donors (Lipinski definition) is 3. The number of hydrogen-bond acceptors (Lipinski definition) is 9. The minimum Gasteiger partial charge on any atom is -0.504 e. The van der Waals surface area contributed by atoms with Crippen LogP contribution in [0.15, 0.2) is 54.9 Å². The number of ether oxygens (including phenoxy) is 3. The van der Waals surface area contributed by atoms with Crippen molar-refractivity contribution in [2.75, 3.05) is 18.6 Å². The molecule has 4 N–H and O–H groups in total. The second kappa shape index (κ2) is 11.7. The molecule has 0 saturated carbocycles. The number of phenols is 1. The second-order valence-electron chi connectivity index (χ2n) is 9.62. The van der Waals surface area contributed by atoms with Crippen LogP contribution >= 0.6 is 0 Å². The minimum absolute atomic E-state index is 0.149. The molecule has 13 heteroatoms. The summed E-state index contributed by atoms with van der Waals surface area (Å²) in [5.74, 6) is -4.57. The van der Waals surface area contributed by atoms with Gasteiger partial charge in [-0.05, 0) is 49.6 Å². The standard InChI is InChI=1S/C29H28F2N6O5/c1-36-13-11-34-26(36)17-6-5-7-18(14-17)41-27-22(30)24(37-12-4-3-8-19(37)29(39)40-2)23(31)28(35-27)42-21-15-16(25(32)33)9-10-20(21)38/h5-7,9-11,13-15,19,38H,3-4,8,12H2,1-2H3,(H3,32,33). The Kier molecular flexibility index (Phi) is 7.91. The van der Waals surface area contributed by atoms with Crippen molar-refractivity contribution in [3.63, 3.8) is 0 Å². The van der Waals surface area contributed by atoms with Crippen molar-refractivity contribution in [2.45, 2.75) is 25.3 Å². The molecule has 4 aromatic rings. The van der Waals surface area contributed by atoms with Gasteiger partial charge in [0, 0.05) is 37.1 Å². The van der Waals surface area contributed by atoms with E-state index in [1.165, 1.54) is 30.2 Å². The maximum Gasteiger partial charge on any atom is 0.328 e. The van der Waals surface area contributed by atoms with E-state index in [1.54, 1.807) is 41.2 Å². The highest BCUT2D eigenvalue weighted by Crippen LogP contribution is 2.42. The van der Waals surface area contributed by atoms with E-state index in [0.29, 0.717) is 30.7 Å². The number of piperidine rings is 1. The zero-order chi connectivity index (χ0) is 30.0. The predicted octanol–water partition coefficient (Wildman–Crippen LogP) is 4.87. The molecule has 0 bridgehead atoms. The maximum atomic E-state index is 16.2. The number of benzene rings is 2. The SMILES string of the molecule is COC(=O)C1CCCCN1c1c(F)c(Oc2cccc(-c3nccn3C)c2)nc(Oc2cc(C(=N)N)ccc2O)c1F. The number of nitrogens with two attached hydrogens (primary N) is 1. The number of amidine groups is 1. The van der Waals surface area contributed by atoms with E-state index >= 15 is 8.78 Å². The molecule has 0 amide bonds. The van der Waals surface area contributed by atoms with Crippen LogP contribution < -0.4 is 20.1 Å². The predicted molar refractivity (Wildman–Crippen MR) is 149 cm³/mol. The Morgan fingerprint density at radius 1 is 1.12 bits per heavy atom. The summed E-state index contributed by atoms with van der Waals surface area (Å²) in [6.45, 7) is 0.149. The third-order valence-corrected chi connectivity index (χ3v) is 6.86. The summed E-state index contributed by atoms with van der Waals surface area (Å²) in [7, 11) is 3.02. The highest BCUT2D eigenvalue weighted by molar-refractivity contribution is 5.95. The van der Waals surface area contributed by atoms with Gasteiger partial charge in [0.1, 0.15) is 29.1 Å². The molecule has 3 heterocycles. The molecule has 1 saturated heterocycles. The van der Waals surface area contributed by atoms with Gasteiger partial charge in [-0.15, -0.1) is 0 Å². The van der Waals surface area contributed by atoms with E-state index in [9.17, 15) is 9.90 Å². The van der Waals surface area contributed by atoms with Crippen LogP contribution in [0.5, 0.6) is 29.0 Å². The molecule has 0 aliphatic carbocycles. The summed E-state index contributed by atoms with van der Waals surface area (Å²) in [6.07, 6.45) is 4.93. The maximum absolute atomic E-state index is 16.2. The van der Waals surface area contributed by atoms with Crippen LogP contribution in [0, 0.1) is 17.0 Å². The van der Waals surface area contributed by atoms with Crippen LogP contribution in [0.25, 0.3) is 11.4 Å². The van der Waals surface area contributed by atoms with Crippen LogP contribution in [0.1, 0.15) is 24.8 Å². The Morgan fingerprint density at radius 3 is 2.57 bits per heavy atom. The Bertz CT molecular complexity index is 1660. The molecule has 218 valence electrons. The number of carbonyl (C=O) groups excluding carboxylic acids is 1. The van der Waals surface area contributed by atoms with Crippen LogP contribution in [0.3, 0.4) is 0 Å². The average Bonchev–Trinajstić information content (AvgIpc) is 3.42. The number of imidazole rings is 1. The van der Waals surface area contributed by atoms with Gasteiger partial charge in [-0.25, -0.2) is 9.78 Å². The number of aromatic nitrogens is 3. The number of anilines is 1. The molecule has 11 nitrogen and oxygen atoms in total. The van der Waals surface area contributed by atoms with E-state index in [4.69, 9.17) is 25.4 Å². The summed E-state index contributed by atoms with van der Waals surface area (Å²) in [5, 5.41) is 18.0. The summed E-state index contributed by atoms with van der Waals surface area (Å²) in [4.78, 5) is 22.2. The Labute approximate surface area is 239 Å². The van der Waals surface area contributed by atoms with E-state index in [1.807, 2.05) is 7.05 Å². The largest absolute Gasteiger partial charge is 0.504 e. The number of halogens is 2. The third-order valence-electron chi connectivity index (χ3n) is 6.86. The first-order chi connectivity index (χ1) is 20.2. The zero-order valence-corrected chi connectivity index (χ0v) is 22.8. The van der Waals surface area contributed by atoms with Crippen molar-refractivity contribution in [3.05, 3.63) is 72.1 Å². The lowest BCUT2D eigenvalue weighted by Gasteiger charge is -2.36. The zero-order valence-electron chi connectivity index (χ0n) is 22.8. The third kappa shape index (κ3) is 5.53. The van der Waals surface area contributed by atoms with Gasteiger partial charge in [-0.2, -0.15) is 13.8 Å². The highest BCUT2D eigenvalue weighted by atomic mass is 19.1. The fourth-order valence-electron chi connectivity index (χ4n) is 4.78. The highest BCUT2D eigenvalue weighted by Gasteiger charge is 2.36. The van der Waals surface area contributed by atoms with Gasteiger partial charge in [-0.3, -0.25) is 5.41 Å². The number of esters is 1. The normalized spacial score (nSPS) is 14.9. The molecule has 1 aliphatic rings. The first-order valence-corrected chi connectivity index (χ1v) is 13.0. The van der Waals surface area contributed by atoms with Gasteiger partial charge in [0.15, 0.2) is 11.5 Å². The van der Waals surface area contributed by atoms with E-state index in [2.05, 4.69) is 9.97 Å². The van der Waals surface area contributed by atoms with Crippen LogP contribution in [-0.4, -0.2) is 51.1 Å². The number of carbonyl (C=O) groups is 1. The second-order valence-corrected chi connectivity index (χ2v) is 9.62. The van der Waals surface area contributed by atoms with E-state index in [-0.39, 0.29) is 29.4 Å². The molecule has 2 aromatic heterocycles. The van der Waals surface area contributed by atoms with Crippen molar-refractivity contribution in [3.8, 4) is 40.4 Å². The van der Waals surface area contributed by atoms with Crippen LogP contribution in [-0.2, 0) is 16.6 Å². The number of nitrogens with zero attached hydrogens (tertiary/aromatic N) is 4. The number of nitrogen functional groups attached to an aromatic ring is 1. The number of methoxy groups -OCH3 is 1. The minimum atomic E-state index is -1.22. The summed E-state index contributed by atoms with van der Waals surface area (Å²) in [6, 6.07) is 9.51. The Balaban J connectivity index is 1.62.